The SMILES string of the molecule is CC(C)(C)C(=O)/C=C1\SCC(=O)N1Cc1nnc(-c2ccc(Br)cc2)o1. The molecule has 0 saturated carbocycles. The van der Waals surface area contributed by atoms with Gasteiger partial charge in [0.2, 0.25) is 17.7 Å². The predicted octanol–water partition coefficient (Wildman–Crippen LogP) is 4.03. The highest BCUT2D eigenvalue weighted by Crippen LogP contribution is 2.32. The smallest absolute Gasteiger partial charge is 0.247 e. The molecule has 1 saturated heterocycles. The van der Waals surface area contributed by atoms with E-state index in [4.69, 9.17) is 4.42 Å². The molecule has 1 aliphatic heterocycles. The predicted molar refractivity (Wildman–Crippen MR) is 103 cm³/mol. The summed E-state index contributed by atoms with van der Waals surface area (Å²) in [6.07, 6.45) is 1.53. The quantitative estimate of drug-likeness (QED) is 0.674. The molecule has 0 bridgehead atoms. The van der Waals surface area contributed by atoms with Crippen molar-refractivity contribution in [2.24, 2.45) is 5.41 Å². The molecule has 3 rings (SSSR count). The number of hydrogen-bond acceptors (Lipinski definition) is 6. The van der Waals surface area contributed by atoms with Crippen LogP contribution in [-0.4, -0.2) is 32.5 Å². The van der Waals surface area contributed by atoms with Crippen molar-refractivity contribution in [3.05, 3.63) is 45.7 Å². The first kappa shape index (κ1) is 18.8. The van der Waals surface area contributed by atoms with E-state index < -0.39 is 5.41 Å². The number of thioether (sulfide) groups is 1. The van der Waals surface area contributed by atoms with Crippen molar-refractivity contribution < 1.29 is 14.0 Å². The summed E-state index contributed by atoms with van der Waals surface area (Å²) in [5.41, 5.74) is 0.303. The van der Waals surface area contributed by atoms with Crippen LogP contribution in [0.15, 0.2) is 44.3 Å². The summed E-state index contributed by atoms with van der Waals surface area (Å²) in [6.45, 7) is 5.70. The summed E-state index contributed by atoms with van der Waals surface area (Å²) in [5.74, 6) is 0.917. The molecule has 0 atom stereocenters. The summed E-state index contributed by atoms with van der Waals surface area (Å²) in [4.78, 5) is 26.0. The van der Waals surface area contributed by atoms with E-state index in [1.807, 2.05) is 45.0 Å². The van der Waals surface area contributed by atoms with E-state index in [0.29, 0.717) is 22.6 Å². The van der Waals surface area contributed by atoms with Crippen LogP contribution in [0, 0.1) is 5.41 Å². The summed E-state index contributed by atoms with van der Waals surface area (Å²) < 4.78 is 6.64. The lowest BCUT2D eigenvalue weighted by atomic mass is 9.91. The normalized spacial score (nSPS) is 16.5. The van der Waals surface area contributed by atoms with Gasteiger partial charge in [-0.25, -0.2) is 0 Å². The molecule has 1 fully saturated rings. The Balaban J connectivity index is 1.79. The number of amides is 1. The zero-order valence-electron chi connectivity index (χ0n) is 14.7. The van der Waals surface area contributed by atoms with E-state index in [1.54, 1.807) is 0 Å². The van der Waals surface area contributed by atoms with Gasteiger partial charge in [-0.1, -0.05) is 48.5 Å². The second-order valence-corrected chi connectivity index (χ2v) is 8.78. The molecule has 1 aromatic heterocycles. The van der Waals surface area contributed by atoms with E-state index in [-0.39, 0.29) is 18.2 Å². The average molecular weight is 436 g/mol. The second-order valence-electron chi connectivity index (χ2n) is 6.87. The Kier molecular flexibility index (Phi) is 5.34. The third-order valence-electron chi connectivity index (χ3n) is 3.76. The van der Waals surface area contributed by atoms with Crippen molar-refractivity contribution in [2.45, 2.75) is 27.3 Å². The van der Waals surface area contributed by atoms with Crippen LogP contribution in [0.4, 0.5) is 0 Å². The molecule has 0 N–H and O–H groups in total. The molecular weight excluding hydrogens is 418 g/mol. The summed E-state index contributed by atoms with van der Waals surface area (Å²) in [5, 5.41) is 8.70. The highest BCUT2D eigenvalue weighted by Gasteiger charge is 2.30. The van der Waals surface area contributed by atoms with Crippen LogP contribution in [0.25, 0.3) is 11.5 Å². The first-order chi connectivity index (χ1) is 12.2. The number of nitrogens with zero attached hydrogens (tertiary/aromatic N) is 3. The lowest BCUT2D eigenvalue weighted by Crippen LogP contribution is -2.26. The minimum absolute atomic E-state index is 0.0271. The van der Waals surface area contributed by atoms with Gasteiger partial charge in [-0.05, 0) is 24.3 Å². The fourth-order valence-electron chi connectivity index (χ4n) is 2.19. The molecule has 0 spiro atoms. The summed E-state index contributed by atoms with van der Waals surface area (Å²) in [7, 11) is 0. The van der Waals surface area contributed by atoms with Crippen molar-refractivity contribution >= 4 is 39.4 Å². The lowest BCUT2D eigenvalue weighted by molar-refractivity contribution is -0.126. The number of carbonyl (C=O) groups is 2. The van der Waals surface area contributed by atoms with E-state index in [2.05, 4.69) is 26.1 Å². The Morgan fingerprint density at radius 1 is 1.31 bits per heavy atom. The second kappa shape index (κ2) is 7.36. The molecule has 0 unspecified atom stereocenters. The number of benzene rings is 1. The summed E-state index contributed by atoms with van der Waals surface area (Å²) >= 11 is 4.73. The van der Waals surface area contributed by atoms with Gasteiger partial charge in [-0.15, -0.1) is 10.2 Å². The largest absolute Gasteiger partial charge is 0.419 e. The number of rotatable bonds is 4. The Morgan fingerprint density at radius 3 is 2.65 bits per heavy atom. The fourth-order valence-corrected chi connectivity index (χ4v) is 3.39. The van der Waals surface area contributed by atoms with E-state index in [1.165, 1.54) is 22.7 Å². The number of halogens is 1. The minimum atomic E-state index is -0.496. The van der Waals surface area contributed by atoms with Gasteiger partial charge in [0.25, 0.3) is 0 Å². The highest BCUT2D eigenvalue weighted by atomic mass is 79.9. The number of hydrogen-bond donors (Lipinski definition) is 0. The molecular formula is C18H18BrN3O3S. The first-order valence-electron chi connectivity index (χ1n) is 8.01. The lowest BCUT2D eigenvalue weighted by Gasteiger charge is -2.17. The van der Waals surface area contributed by atoms with Crippen LogP contribution in [0.2, 0.25) is 0 Å². The maximum Gasteiger partial charge on any atom is 0.247 e. The zero-order valence-corrected chi connectivity index (χ0v) is 17.1. The van der Waals surface area contributed by atoms with Gasteiger partial charge >= 0.3 is 0 Å². The van der Waals surface area contributed by atoms with Crippen LogP contribution in [0.1, 0.15) is 26.7 Å². The van der Waals surface area contributed by atoms with Crippen LogP contribution < -0.4 is 0 Å². The molecule has 1 aliphatic rings. The van der Waals surface area contributed by atoms with Crippen molar-refractivity contribution in [3.8, 4) is 11.5 Å². The Morgan fingerprint density at radius 2 is 2.00 bits per heavy atom. The minimum Gasteiger partial charge on any atom is -0.419 e. The van der Waals surface area contributed by atoms with Gasteiger partial charge in [0, 0.05) is 21.5 Å². The van der Waals surface area contributed by atoms with Crippen molar-refractivity contribution in [1.29, 1.82) is 0 Å². The van der Waals surface area contributed by atoms with E-state index in [9.17, 15) is 9.59 Å². The van der Waals surface area contributed by atoms with Crippen LogP contribution in [0.3, 0.4) is 0 Å². The summed E-state index contributed by atoms with van der Waals surface area (Å²) in [6, 6.07) is 7.51. The number of aromatic nitrogens is 2. The van der Waals surface area contributed by atoms with Gasteiger partial charge in [0.1, 0.15) is 6.54 Å². The third kappa shape index (κ3) is 4.24. The Bertz CT molecular complexity index is 869. The van der Waals surface area contributed by atoms with Crippen molar-refractivity contribution in [3.63, 3.8) is 0 Å². The van der Waals surface area contributed by atoms with Crippen LogP contribution in [-0.2, 0) is 16.1 Å². The molecule has 2 heterocycles. The Hall–Kier alpha value is -1.93. The molecule has 26 heavy (non-hydrogen) atoms. The maximum absolute atomic E-state index is 12.3. The average Bonchev–Trinajstić information content (AvgIpc) is 3.17. The Labute approximate surface area is 164 Å². The number of ketones is 1. The topological polar surface area (TPSA) is 76.3 Å². The van der Waals surface area contributed by atoms with Crippen molar-refractivity contribution in [2.75, 3.05) is 5.75 Å². The molecule has 0 radical (unpaired) electrons. The van der Waals surface area contributed by atoms with E-state index >= 15 is 0 Å². The van der Waals surface area contributed by atoms with Gasteiger partial charge < -0.3 is 4.42 Å². The van der Waals surface area contributed by atoms with Crippen LogP contribution in [0.5, 0.6) is 0 Å². The monoisotopic (exact) mass is 435 g/mol. The third-order valence-corrected chi connectivity index (χ3v) is 5.31. The van der Waals surface area contributed by atoms with Gasteiger partial charge in [0.15, 0.2) is 5.78 Å². The molecule has 2 aromatic rings. The van der Waals surface area contributed by atoms with Crippen LogP contribution >= 0.6 is 27.7 Å². The van der Waals surface area contributed by atoms with Gasteiger partial charge in [0.05, 0.1) is 10.8 Å². The van der Waals surface area contributed by atoms with Gasteiger partial charge in [-0.3, -0.25) is 14.5 Å². The molecule has 136 valence electrons. The molecule has 8 heteroatoms. The number of carbonyl (C=O) groups excluding carboxylic acids is 2. The van der Waals surface area contributed by atoms with E-state index in [0.717, 1.165) is 10.0 Å². The highest BCUT2D eigenvalue weighted by molar-refractivity contribution is 9.10. The number of allylic oxidation sites excluding steroid dienone is 1. The standard InChI is InChI=1S/C18H18BrN3O3S/c1-18(2,3)13(23)8-16-22(15(24)10-26-16)9-14-20-21-17(25-14)11-4-6-12(19)7-5-11/h4-8H,9-10H2,1-3H3/b16-8-. The molecule has 0 aliphatic carbocycles. The molecule has 6 nitrogen and oxygen atoms in total. The fraction of sp³-hybridized carbons (Fsp3) is 0.333. The zero-order chi connectivity index (χ0) is 18.9. The maximum atomic E-state index is 12.3. The van der Waals surface area contributed by atoms with Gasteiger partial charge in [-0.2, -0.15) is 0 Å². The molecule has 1 amide bonds. The van der Waals surface area contributed by atoms with Crippen molar-refractivity contribution in [1.82, 2.24) is 15.1 Å². The first-order valence-corrected chi connectivity index (χ1v) is 9.79. The molecule has 1 aromatic carbocycles.